The van der Waals surface area contributed by atoms with E-state index in [9.17, 15) is 14.7 Å². The number of nitrogens with zero attached hydrogens (tertiary/aromatic N) is 1. The van der Waals surface area contributed by atoms with E-state index in [1.807, 2.05) is 0 Å². The van der Waals surface area contributed by atoms with Gasteiger partial charge < -0.3 is 21.1 Å². The van der Waals surface area contributed by atoms with Gasteiger partial charge in [0.15, 0.2) is 5.75 Å². The maximum Gasteiger partial charge on any atom is 0.257 e. The number of hydrogen-bond donors (Lipinski definition) is 3. The van der Waals surface area contributed by atoms with Crippen molar-refractivity contribution in [3.05, 3.63) is 23.8 Å². The molecule has 1 unspecified atom stereocenters. The van der Waals surface area contributed by atoms with Crippen molar-refractivity contribution < 1.29 is 14.7 Å². The Kier molecular flexibility index (Phi) is 4.74. The van der Waals surface area contributed by atoms with Crippen LogP contribution in [0.2, 0.25) is 0 Å². The topological polar surface area (TPSA) is 95.7 Å². The third-order valence-electron chi connectivity index (χ3n) is 2.89. The molecule has 0 saturated carbocycles. The molecule has 6 nitrogen and oxygen atoms in total. The van der Waals surface area contributed by atoms with Crippen molar-refractivity contribution >= 4 is 17.5 Å². The minimum atomic E-state index is -0.374. The van der Waals surface area contributed by atoms with E-state index in [4.69, 9.17) is 5.73 Å². The standard InChI is InChI=1S/C13H19N3O3/c1-8(12(18)15-2)7-16(3)13(19)9-5-4-6-10(14)11(9)17/h4-6,8,17H,7,14H2,1-3H3,(H,15,18). The smallest absolute Gasteiger partial charge is 0.257 e. The van der Waals surface area contributed by atoms with Crippen LogP contribution in [0.3, 0.4) is 0 Å². The van der Waals surface area contributed by atoms with Crippen molar-refractivity contribution in [2.24, 2.45) is 5.92 Å². The number of carbonyl (C=O) groups excluding carboxylic acids is 2. The number of nitrogens with two attached hydrogens (primary N) is 1. The van der Waals surface area contributed by atoms with Crippen LogP contribution in [0.1, 0.15) is 17.3 Å². The Morgan fingerprint density at radius 2 is 2.11 bits per heavy atom. The highest BCUT2D eigenvalue weighted by Crippen LogP contribution is 2.25. The van der Waals surface area contributed by atoms with Crippen LogP contribution >= 0.6 is 0 Å². The van der Waals surface area contributed by atoms with Crippen LogP contribution in [0.25, 0.3) is 0 Å². The quantitative estimate of drug-likeness (QED) is 0.543. The molecular weight excluding hydrogens is 246 g/mol. The number of nitrogen functional groups attached to an aromatic ring is 1. The average molecular weight is 265 g/mol. The summed E-state index contributed by atoms with van der Waals surface area (Å²) in [6.45, 7) is 1.98. The molecule has 0 heterocycles. The van der Waals surface area contributed by atoms with Crippen molar-refractivity contribution in [2.45, 2.75) is 6.92 Å². The fourth-order valence-corrected chi connectivity index (χ4v) is 1.76. The highest BCUT2D eigenvalue weighted by molar-refractivity contribution is 5.98. The van der Waals surface area contributed by atoms with E-state index in [1.165, 1.54) is 17.0 Å². The van der Waals surface area contributed by atoms with Gasteiger partial charge in [-0.25, -0.2) is 0 Å². The van der Waals surface area contributed by atoms with Gasteiger partial charge in [-0.15, -0.1) is 0 Å². The molecule has 0 saturated heterocycles. The summed E-state index contributed by atoms with van der Waals surface area (Å²) in [5, 5.41) is 12.3. The number of aromatic hydroxyl groups is 1. The van der Waals surface area contributed by atoms with Gasteiger partial charge in [0, 0.05) is 20.6 Å². The number of phenols is 1. The number of phenolic OH excluding ortho intramolecular Hbond substituents is 1. The van der Waals surface area contributed by atoms with Gasteiger partial charge in [0.25, 0.3) is 5.91 Å². The number of benzene rings is 1. The maximum absolute atomic E-state index is 12.1. The predicted molar refractivity (Wildman–Crippen MR) is 72.7 cm³/mol. The van der Waals surface area contributed by atoms with Crippen molar-refractivity contribution in [1.29, 1.82) is 0 Å². The third-order valence-corrected chi connectivity index (χ3v) is 2.89. The third kappa shape index (κ3) is 3.37. The summed E-state index contributed by atoms with van der Waals surface area (Å²) < 4.78 is 0. The molecule has 1 aromatic rings. The van der Waals surface area contributed by atoms with Gasteiger partial charge in [0.2, 0.25) is 5.91 Å². The second-order valence-corrected chi connectivity index (χ2v) is 4.44. The average Bonchev–Trinajstić information content (AvgIpc) is 2.39. The van der Waals surface area contributed by atoms with Gasteiger partial charge in [-0.1, -0.05) is 13.0 Å². The van der Waals surface area contributed by atoms with E-state index >= 15 is 0 Å². The molecule has 0 aliphatic carbocycles. The fraction of sp³-hybridized carbons (Fsp3) is 0.385. The lowest BCUT2D eigenvalue weighted by atomic mass is 10.1. The van der Waals surface area contributed by atoms with Gasteiger partial charge in [-0.2, -0.15) is 0 Å². The van der Waals surface area contributed by atoms with E-state index < -0.39 is 0 Å². The second kappa shape index (κ2) is 6.08. The Morgan fingerprint density at radius 1 is 1.47 bits per heavy atom. The van der Waals surface area contributed by atoms with Crippen LogP contribution in [-0.2, 0) is 4.79 Å². The zero-order chi connectivity index (χ0) is 14.6. The molecule has 2 amide bonds. The molecule has 1 atom stereocenters. The summed E-state index contributed by atoms with van der Waals surface area (Å²) in [6.07, 6.45) is 0. The summed E-state index contributed by atoms with van der Waals surface area (Å²) >= 11 is 0. The summed E-state index contributed by atoms with van der Waals surface area (Å²) in [6, 6.07) is 4.60. The van der Waals surface area contributed by atoms with E-state index in [2.05, 4.69) is 5.32 Å². The van der Waals surface area contributed by atoms with Crippen molar-refractivity contribution in [1.82, 2.24) is 10.2 Å². The maximum atomic E-state index is 12.1. The molecule has 0 aliphatic heterocycles. The molecule has 6 heteroatoms. The summed E-state index contributed by atoms with van der Waals surface area (Å²) in [5.74, 6) is -1.08. The summed E-state index contributed by atoms with van der Waals surface area (Å²) in [7, 11) is 3.12. The lowest BCUT2D eigenvalue weighted by Crippen LogP contribution is -2.37. The second-order valence-electron chi connectivity index (χ2n) is 4.44. The number of para-hydroxylation sites is 1. The minimum absolute atomic E-state index is 0.131. The van der Waals surface area contributed by atoms with Crippen LogP contribution < -0.4 is 11.1 Å². The number of rotatable bonds is 4. The van der Waals surface area contributed by atoms with E-state index in [0.717, 1.165) is 0 Å². The first-order valence-corrected chi connectivity index (χ1v) is 5.93. The van der Waals surface area contributed by atoms with Crippen LogP contribution in [0.4, 0.5) is 5.69 Å². The predicted octanol–water partition coefficient (Wildman–Crippen LogP) is 0.428. The first-order chi connectivity index (χ1) is 8.88. The highest BCUT2D eigenvalue weighted by atomic mass is 16.3. The van der Waals surface area contributed by atoms with Crippen molar-refractivity contribution in [2.75, 3.05) is 26.4 Å². The zero-order valence-corrected chi connectivity index (χ0v) is 11.3. The lowest BCUT2D eigenvalue weighted by molar-refractivity contribution is -0.124. The molecule has 0 aliphatic rings. The zero-order valence-electron chi connectivity index (χ0n) is 11.3. The van der Waals surface area contributed by atoms with Gasteiger partial charge in [0.1, 0.15) is 0 Å². The molecule has 0 fully saturated rings. The molecule has 104 valence electrons. The van der Waals surface area contributed by atoms with Crippen molar-refractivity contribution in [3.63, 3.8) is 0 Å². The Balaban J connectivity index is 2.83. The normalized spacial score (nSPS) is 11.7. The van der Waals surface area contributed by atoms with Gasteiger partial charge in [-0.05, 0) is 12.1 Å². The Labute approximate surface area is 112 Å². The van der Waals surface area contributed by atoms with Gasteiger partial charge in [0.05, 0.1) is 17.2 Å². The fourth-order valence-electron chi connectivity index (χ4n) is 1.76. The van der Waals surface area contributed by atoms with Gasteiger partial charge >= 0.3 is 0 Å². The largest absolute Gasteiger partial charge is 0.505 e. The number of hydrogen-bond acceptors (Lipinski definition) is 4. The first-order valence-electron chi connectivity index (χ1n) is 5.93. The van der Waals surface area contributed by atoms with E-state index in [1.54, 1.807) is 27.1 Å². The molecule has 0 aromatic heterocycles. The summed E-state index contributed by atoms with van der Waals surface area (Å²) in [4.78, 5) is 24.9. The number of carbonyl (C=O) groups is 2. The van der Waals surface area contributed by atoms with Crippen LogP contribution in [-0.4, -0.2) is 42.5 Å². The first kappa shape index (κ1) is 14.8. The SMILES string of the molecule is CNC(=O)C(C)CN(C)C(=O)c1cccc(N)c1O. The Bertz CT molecular complexity index is 488. The highest BCUT2D eigenvalue weighted by Gasteiger charge is 2.21. The van der Waals surface area contributed by atoms with Crippen LogP contribution in [0, 0.1) is 5.92 Å². The molecule has 0 radical (unpaired) electrons. The molecule has 0 bridgehead atoms. The minimum Gasteiger partial charge on any atom is -0.505 e. The molecule has 1 aromatic carbocycles. The van der Waals surface area contributed by atoms with Crippen LogP contribution in [0.15, 0.2) is 18.2 Å². The summed E-state index contributed by atoms with van der Waals surface area (Å²) in [5.41, 5.74) is 5.83. The van der Waals surface area contributed by atoms with Gasteiger partial charge in [-0.3, -0.25) is 9.59 Å². The number of anilines is 1. The van der Waals surface area contributed by atoms with Crippen molar-refractivity contribution in [3.8, 4) is 5.75 Å². The molecule has 0 spiro atoms. The molecule has 4 N–H and O–H groups in total. The number of amides is 2. The Morgan fingerprint density at radius 3 is 2.68 bits per heavy atom. The van der Waals surface area contributed by atoms with E-state index in [-0.39, 0.29) is 41.3 Å². The molecule has 1 rings (SSSR count). The number of nitrogens with one attached hydrogen (secondary N) is 1. The lowest BCUT2D eigenvalue weighted by Gasteiger charge is -2.21. The Hall–Kier alpha value is -2.24. The molecule has 19 heavy (non-hydrogen) atoms. The van der Waals surface area contributed by atoms with Crippen LogP contribution in [0.5, 0.6) is 5.75 Å². The monoisotopic (exact) mass is 265 g/mol. The van der Waals surface area contributed by atoms with E-state index in [0.29, 0.717) is 0 Å². The molecular formula is C13H19N3O3.